The van der Waals surface area contributed by atoms with E-state index in [4.69, 9.17) is 4.74 Å². The minimum atomic E-state index is -0.439. The van der Waals surface area contributed by atoms with Gasteiger partial charge >= 0.3 is 5.97 Å². The molecule has 0 saturated heterocycles. The number of carbonyl (C=O) groups is 2. The molecule has 0 aliphatic rings. The number of esters is 1. The third-order valence-corrected chi connectivity index (χ3v) is 4.16. The van der Waals surface area contributed by atoms with E-state index in [1.165, 1.54) is 0 Å². The molecule has 3 rings (SSSR count). The number of carbonyl (C=O) groups excluding carboxylic acids is 2. The standard InChI is InChI=1S/C23H20O3/c1-16-3-7-18(8-4-16)15-22(24)19-9-11-20(12-10-19)23(25)26-21-13-5-17(2)6-14-21/h3-14H,15H2,1-2H3. The second-order valence-corrected chi connectivity index (χ2v) is 6.37. The summed E-state index contributed by atoms with van der Waals surface area (Å²) in [5, 5.41) is 0. The molecule has 0 spiro atoms. The van der Waals surface area contributed by atoms with E-state index in [2.05, 4.69) is 0 Å². The number of aryl methyl sites for hydroxylation is 2. The molecule has 0 bridgehead atoms. The van der Waals surface area contributed by atoms with Crippen LogP contribution in [0.3, 0.4) is 0 Å². The van der Waals surface area contributed by atoms with Crippen LogP contribution in [0.15, 0.2) is 72.8 Å². The molecule has 3 aromatic rings. The Hall–Kier alpha value is -3.20. The molecule has 0 aliphatic heterocycles. The highest BCUT2D eigenvalue weighted by Gasteiger charge is 2.11. The monoisotopic (exact) mass is 344 g/mol. The first kappa shape index (κ1) is 17.6. The average molecular weight is 344 g/mol. The van der Waals surface area contributed by atoms with Gasteiger partial charge in [-0.15, -0.1) is 0 Å². The summed E-state index contributed by atoms with van der Waals surface area (Å²) in [6.45, 7) is 3.98. The van der Waals surface area contributed by atoms with E-state index in [1.54, 1.807) is 36.4 Å². The van der Waals surface area contributed by atoms with E-state index in [0.29, 0.717) is 23.3 Å². The molecule has 0 fully saturated rings. The second-order valence-electron chi connectivity index (χ2n) is 6.37. The van der Waals surface area contributed by atoms with Gasteiger partial charge in [-0.25, -0.2) is 4.79 Å². The summed E-state index contributed by atoms with van der Waals surface area (Å²) in [5.41, 5.74) is 4.23. The highest BCUT2D eigenvalue weighted by molar-refractivity contribution is 5.99. The van der Waals surface area contributed by atoms with Gasteiger partial charge < -0.3 is 4.74 Å². The molecule has 0 radical (unpaired) electrons. The average Bonchev–Trinajstić information content (AvgIpc) is 2.65. The van der Waals surface area contributed by atoms with Crippen LogP contribution in [0.2, 0.25) is 0 Å². The number of benzene rings is 3. The summed E-state index contributed by atoms with van der Waals surface area (Å²) in [4.78, 5) is 24.6. The summed E-state index contributed by atoms with van der Waals surface area (Å²) < 4.78 is 5.34. The van der Waals surface area contributed by atoms with Crippen LogP contribution in [0.5, 0.6) is 5.75 Å². The van der Waals surface area contributed by atoms with Crippen LogP contribution in [0.4, 0.5) is 0 Å². The summed E-state index contributed by atoms with van der Waals surface area (Å²) in [5.74, 6) is 0.0822. The fraction of sp³-hybridized carbons (Fsp3) is 0.130. The predicted molar refractivity (Wildman–Crippen MR) is 102 cm³/mol. The van der Waals surface area contributed by atoms with Gasteiger partial charge in [-0.1, -0.05) is 59.7 Å². The fourth-order valence-corrected chi connectivity index (χ4v) is 2.56. The molecule has 0 heterocycles. The van der Waals surface area contributed by atoms with Gasteiger partial charge in [0, 0.05) is 12.0 Å². The molecule has 26 heavy (non-hydrogen) atoms. The van der Waals surface area contributed by atoms with Crippen molar-refractivity contribution in [1.82, 2.24) is 0 Å². The predicted octanol–water partition coefficient (Wildman–Crippen LogP) is 4.95. The molecule has 0 N–H and O–H groups in total. The van der Waals surface area contributed by atoms with Crippen molar-refractivity contribution in [2.24, 2.45) is 0 Å². The highest BCUT2D eigenvalue weighted by atomic mass is 16.5. The van der Waals surface area contributed by atoms with E-state index in [1.807, 2.05) is 50.2 Å². The van der Waals surface area contributed by atoms with Crippen LogP contribution >= 0.6 is 0 Å². The van der Waals surface area contributed by atoms with Crippen molar-refractivity contribution in [3.63, 3.8) is 0 Å². The second kappa shape index (κ2) is 7.79. The Kier molecular flexibility index (Phi) is 5.28. The molecule has 3 heteroatoms. The van der Waals surface area contributed by atoms with Gasteiger partial charge in [-0.05, 0) is 43.7 Å². The number of rotatable bonds is 5. The van der Waals surface area contributed by atoms with E-state index >= 15 is 0 Å². The molecule has 0 atom stereocenters. The fourth-order valence-electron chi connectivity index (χ4n) is 2.56. The first-order valence-electron chi connectivity index (χ1n) is 8.49. The van der Waals surface area contributed by atoms with Gasteiger partial charge in [0.15, 0.2) is 5.78 Å². The third-order valence-electron chi connectivity index (χ3n) is 4.16. The van der Waals surface area contributed by atoms with Crippen LogP contribution in [0.25, 0.3) is 0 Å². The van der Waals surface area contributed by atoms with Gasteiger partial charge in [-0.2, -0.15) is 0 Å². The quantitative estimate of drug-likeness (QED) is 0.374. The minimum absolute atomic E-state index is 0.0207. The zero-order chi connectivity index (χ0) is 18.5. The SMILES string of the molecule is Cc1ccc(CC(=O)c2ccc(C(=O)Oc3ccc(C)cc3)cc2)cc1. The number of Topliss-reactive ketones (excluding diaryl/α,β-unsaturated/α-hetero) is 1. The van der Waals surface area contributed by atoms with E-state index in [9.17, 15) is 9.59 Å². The van der Waals surface area contributed by atoms with Crippen molar-refractivity contribution in [3.05, 3.63) is 101 Å². The molecule has 130 valence electrons. The Morgan fingerprint density at radius 2 is 1.19 bits per heavy atom. The van der Waals surface area contributed by atoms with E-state index < -0.39 is 5.97 Å². The topological polar surface area (TPSA) is 43.4 Å². The normalized spacial score (nSPS) is 10.4. The number of ketones is 1. The minimum Gasteiger partial charge on any atom is -0.423 e. The smallest absolute Gasteiger partial charge is 0.343 e. The molecule has 0 saturated carbocycles. The lowest BCUT2D eigenvalue weighted by molar-refractivity contribution is 0.0734. The molecular formula is C23H20O3. The molecule has 0 amide bonds. The van der Waals surface area contributed by atoms with Crippen LogP contribution in [-0.2, 0) is 6.42 Å². The maximum atomic E-state index is 12.4. The highest BCUT2D eigenvalue weighted by Crippen LogP contribution is 2.15. The van der Waals surface area contributed by atoms with Gasteiger partial charge in [-0.3, -0.25) is 4.79 Å². The molecule has 3 aromatic carbocycles. The van der Waals surface area contributed by atoms with Crippen LogP contribution in [-0.4, -0.2) is 11.8 Å². The molecule has 0 aromatic heterocycles. The summed E-state index contributed by atoms with van der Waals surface area (Å²) in [6, 6.07) is 21.8. The van der Waals surface area contributed by atoms with E-state index in [0.717, 1.165) is 16.7 Å². The Morgan fingerprint density at radius 3 is 1.77 bits per heavy atom. The van der Waals surface area contributed by atoms with Crippen molar-refractivity contribution in [2.75, 3.05) is 0 Å². The van der Waals surface area contributed by atoms with Crippen molar-refractivity contribution in [1.29, 1.82) is 0 Å². The van der Waals surface area contributed by atoms with Crippen molar-refractivity contribution < 1.29 is 14.3 Å². The molecular weight excluding hydrogens is 324 g/mol. The Morgan fingerprint density at radius 1 is 0.692 bits per heavy atom. The van der Waals surface area contributed by atoms with Crippen LogP contribution < -0.4 is 4.74 Å². The zero-order valence-electron chi connectivity index (χ0n) is 14.9. The Labute approximate surface area is 153 Å². The number of hydrogen-bond donors (Lipinski definition) is 0. The largest absolute Gasteiger partial charge is 0.423 e. The first-order valence-corrected chi connectivity index (χ1v) is 8.49. The van der Waals surface area contributed by atoms with Crippen molar-refractivity contribution in [3.8, 4) is 5.75 Å². The van der Waals surface area contributed by atoms with Gasteiger partial charge in [0.05, 0.1) is 5.56 Å². The van der Waals surface area contributed by atoms with Crippen LogP contribution in [0, 0.1) is 13.8 Å². The summed E-state index contributed by atoms with van der Waals surface area (Å²) >= 11 is 0. The molecule has 3 nitrogen and oxygen atoms in total. The lowest BCUT2D eigenvalue weighted by Crippen LogP contribution is -2.09. The van der Waals surface area contributed by atoms with Gasteiger partial charge in [0.2, 0.25) is 0 Å². The van der Waals surface area contributed by atoms with E-state index in [-0.39, 0.29) is 5.78 Å². The van der Waals surface area contributed by atoms with Crippen molar-refractivity contribution in [2.45, 2.75) is 20.3 Å². The Balaban J connectivity index is 1.65. The maximum absolute atomic E-state index is 12.4. The number of hydrogen-bond acceptors (Lipinski definition) is 3. The maximum Gasteiger partial charge on any atom is 0.343 e. The number of ether oxygens (including phenoxy) is 1. The zero-order valence-corrected chi connectivity index (χ0v) is 14.9. The van der Waals surface area contributed by atoms with Gasteiger partial charge in [0.1, 0.15) is 5.75 Å². The Bertz CT molecular complexity index is 827. The molecule has 0 aliphatic carbocycles. The third kappa shape index (κ3) is 4.45. The first-order chi connectivity index (χ1) is 12.5. The van der Waals surface area contributed by atoms with Gasteiger partial charge in [0.25, 0.3) is 0 Å². The lowest BCUT2D eigenvalue weighted by atomic mass is 10.0. The van der Waals surface area contributed by atoms with Crippen molar-refractivity contribution >= 4 is 11.8 Å². The summed E-state index contributed by atoms with van der Waals surface area (Å²) in [6.07, 6.45) is 0.341. The summed E-state index contributed by atoms with van der Waals surface area (Å²) in [7, 11) is 0. The molecule has 0 unspecified atom stereocenters. The van der Waals surface area contributed by atoms with Crippen LogP contribution in [0.1, 0.15) is 37.4 Å². The lowest BCUT2D eigenvalue weighted by Gasteiger charge is -2.06.